The van der Waals surface area contributed by atoms with Crippen LogP contribution in [0.1, 0.15) is 11.6 Å². The molecule has 0 saturated carbocycles. The van der Waals surface area contributed by atoms with Gasteiger partial charge in [0.25, 0.3) is 0 Å². The van der Waals surface area contributed by atoms with E-state index in [1.165, 1.54) is 6.20 Å². The molecule has 1 heterocycles. The molecule has 100 valence electrons. The first-order chi connectivity index (χ1) is 9.24. The Hall–Kier alpha value is -2.14. The summed E-state index contributed by atoms with van der Waals surface area (Å²) in [6.07, 6.45) is 3.24. The average Bonchev–Trinajstić information content (AvgIpc) is 2.47. The number of nitrogens with zero attached hydrogens (tertiary/aromatic N) is 2. The molecule has 1 atom stereocenters. The van der Waals surface area contributed by atoms with Gasteiger partial charge in [-0.3, -0.25) is 4.57 Å². The highest BCUT2D eigenvalue weighted by Crippen LogP contribution is 2.18. The molecular weight excluding hydrogens is 242 g/mol. The van der Waals surface area contributed by atoms with E-state index in [1.54, 1.807) is 23.9 Å². The van der Waals surface area contributed by atoms with Crippen molar-refractivity contribution in [3.05, 3.63) is 58.8 Å². The minimum atomic E-state index is -0.240. The topological polar surface area (TPSA) is 56.2 Å². The van der Waals surface area contributed by atoms with Gasteiger partial charge in [0.1, 0.15) is 5.75 Å². The standard InChI is InChI=1S/C14H17N3O2/c1-15-13(10-17-9-3-8-16-14(17)18)11-4-6-12(19-2)7-5-11/h3-9,13,15H,10H2,1-2H3. The van der Waals surface area contributed by atoms with Gasteiger partial charge in [0.05, 0.1) is 13.2 Å². The molecule has 1 N–H and O–H groups in total. The normalized spacial score (nSPS) is 12.1. The van der Waals surface area contributed by atoms with E-state index in [-0.39, 0.29) is 11.7 Å². The zero-order valence-corrected chi connectivity index (χ0v) is 11.0. The lowest BCUT2D eigenvalue weighted by molar-refractivity contribution is 0.414. The maximum Gasteiger partial charge on any atom is 0.347 e. The smallest absolute Gasteiger partial charge is 0.347 e. The predicted octanol–water partition coefficient (Wildman–Crippen LogP) is 1.21. The van der Waals surface area contributed by atoms with Crippen LogP contribution in [0.15, 0.2) is 47.5 Å². The molecular formula is C14H17N3O2. The molecule has 5 nitrogen and oxygen atoms in total. The van der Waals surface area contributed by atoms with E-state index < -0.39 is 0 Å². The Morgan fingerprint density at radius 3 is 2.68 bits per heavy atom. The lowest BCUT2D eigenvalue weighted by Crippen LogP contribution is -2.29. The second-order valence-electron chi connectivity index (χ2n) is 4.17. The Bertz CT molecular complexity index is 578. The van der Waals surface area contributed by atoms with E-state index in [0.29, 0.717) is 6.54 Å². The third-order valence-corrected chi connectivity index (χ3v) is 3.03. The van der Waals surface area contributed by atoms with Gasteiger partial charge in [-0.15, -0.1) is 0 Å². The summed E-state index contributed by atoms with van der Waals surface area (Å²) in [6.45, 7) is 0.537. The zero-order chi connectivity index (χ0) is 13.7. The third-order valence-electron chi connectivity index (χ3n) is 3.03. The number of ether oxygens (including phenoxy) is 1. The van der Waals surface area contributed by atoms with Crippen LogP contribution in [0, 0.1) is 0 Å². The molecule has 0 bridgehead atoms. The zero-order valence-electron chi connectivity index (χ0n) is 11.0. The number of rotatable bonds is 5. The van der Waals surface area contributed by atoms with E-state index in [2.05, 4.69) is 10.3 Å². The van der Waals surface area contributed by atoms with Crippen LogP contribution < -0.4 is 15.7 Å². The van der Waals surface area contributed by atoms with Crippen molar-refractivity contribution < 1.29 is 4.74 Å². The van der Waals surface area contributed by atoms with E-state index in [1.807, 2.05) is 31.3 Å². The molecule has 1 unspecified atom stereocenters. The molecule has 5 heteroatoms. The van der Waals surface area contributed by atoms with Crippen LogP contribution in [0.5, 0.6) is 5.75 Å². The number of hydrogen-bond donors (Lipinski definition) is 1. The Morgan fingerprint density at radius 2 is 2.11 bits per heavy atom. The number of nitrogens with one attached hydrogen (secondary N) is 1. The van der Waals surface area contributed by atoms with Gasteiger partial charge in [0, 0.05) is 18.9 Å². The van der Waals surface area contributed by atoms with Crippen molar-refractivity contribution >= 4 is 0 Å². The summed E-state index contributed by atoms with van der Waals surface area (Å²) in [5.74, 6) is 0.817. The highest BCUT2D eigenvalue weighted by Gasteiger charge is 2.10. The van der Waals surface area contributed by atoms with E-state index in [9.17, 15) is 4.79 Å². The molecule has 0 amide bonds. The number of hydrogen-bond acceptors (Lipinski definition) is 4. The first kappa shape index (κ1) is 13.3. The van der Waals surface area contributed by atoms with Gasteiger partial charge in [-0.25, -0.2) is 9.78 Å². The van der Waals surface area contributed by atoms with Crippen molar-refractivity contribution in [2.24, 2.45) is 0 Å². The maximum absolute atomic E-state index is 11.6. The lowest BCUT2D eigenvalue weighted by Gasteiger charge is -2.18. The van der Waals surface area contributed by atoms with Crippen LogP contribution in [0.3, 0.4) is 0 Å². The van der Waals surface area contributed by atoms with Crippen molar-refractivity contribution in [2.45, 2.75) is 12.6 Å². The van der Waals surface area contributed by atoms with Gasteiger partial charge in [-0.1, -0.05) is 12.1 Å². The van der Waals surface area contributed by atoms with Gasteiger partial charge >= 0.3 is 5.69 Å². The Balaban J connectivity index is 2.20. The van der Waals surface area contributed by atoms with Crippen LogP contribution in [0.2, 0.25) is 0 Å². The van der Waals surface area contributed by atoms with Crippen molar-refractivity contribution in [1.82, 2.24) is 14.9 Å². The summed E-state index contributed by atoms with van der Waals surface area (Å²) in [7, 11) is 3.51. The average molecular weight is 259 g/mol. The molecule has 0 spiro atoms. The quantitative estimate of drug-likeness (QED) is 0.877. The summed E-state index contributed by atoms with van der Waals surface area (Å²) in [4.78, 5) is 15.4. The molecule has 0 radical (unpaired) electrons. The van der Waals surface area contributed by atoms with Gasteiger partial charge < -0.3 is 10.1 Å². The summed E-state index contributed by atoms with van der Waals surface area (Å²) in [5.41, 5.74) is 0.857. The predicted molar refractivity (Wildman–Crippen MR) is 73.3 cm³/mol. The van der Waals surface area contributed by atoms with Crippen LogP contribution in [0.25, 0.3) is 0 Å². The SMILES string of the molecule is CNC(Cn1cccnc1=O)c1ccc(OC)cc1. The Kier molecular flexibility index (Phi) is 4.30. The van der Waals surface area contributed by atoms with Crippen LogP contribution >= 0.6 is 0 Å². The van der Waals surface area contributed by atoms with Gasteiger partial charge in [-0.2, -0.15) is 0 Å². The van der Waals surface area contributed by atoms with Crippen molar-refractivity contribution in [2.75, 3.05) is 14.2 Å². The summed E-state index contributed by atoms with van der Waals surface area (Å²) in [5, 5.41) is 3.20. The number of benzene rings is 1. The van der Waals surface area contributed by atoms with Crippen molar-refractivity contribution in [3.8, 4) is 5.75 Å². The molecule has 2 aromatic rings. The van der Waals surface area contributed by atoms with E-state index in [4.69, 9.17) is 4.74 Å². The molecule has 0 aliphatic rings. The van der Waals surface area contributed by atoms with Crippen LogP contribution in [0.4, 0.5) is 0 Å². The minimum absolute atomic E-state index is 0.0489. The fraction of sp³-hybridized carbons (Fsp3) is 0.286. The highest BCUT2D eigenvalue weighted by atomic mass is 16.5. The van der Waals surface area contributed by atoms with Crippen LogP contribution in [-0.4, -0.2) is 23.7 Å². The summed E-state index contributed by atoms with van der Waals surface area (Å²) in [6, 6.07) is 9.59. The van der Waals surface area contributed by atoms with Crippen molar-refractivity contribution in [1.29, 1.82) is 0 Å². The van der Waals surface area contributed by atoms with Crippen molar-refractivity contribution in [3.63, 3.8) is 0 Å². The second kappa shape index (κ2) is 6.15. The van der Waals surface area contributed by atoms with Gasteiger partial charge in [-0.05, 0) is 30.8 Å². The van der Waals surface area contributed by atoms with E-state index in [0.717, 1.165) is 11.3 Å². The third kappa shape index (κ3) is 3.20. The van der Waals surface area contributed by atoms with Gasteiger partial charge in [0.15, 0.2) is 0 Å². The summed E-state index contributed by atoms with van der Waals surface area (Å²) < 4.78 is 6.72. The number of methoxy groups -OCH3 is 1. The summed E-state index contributed by atoms with van der Waals surface area (Å²) >= 11 is 0. The molecule has 0 saturated heterocycles. The molecule has 1 aromatic carbocycles. The Morgan fingerprint density at radius 1 is 1.37 bits per heavy atom. The molecule has 2 rings (SSSR count). The Labute approximate surface area is 111 Å². The molecule has 19 heavy (non-hydrogen) atoms. The highest BCUT2D eigenvalue weighted by molar-refractivity contribution is 5.29. The molecule has 1 aromatic heterocycles. The number of aromatic nitrogens is 2. The fourth-order valence-corrected chi connectivity index (χ4v) is 1.92. The lowest BCUT2D eigenvalue weighted by atomic mass is 10.1. The monoisotopic (exact) mass is 259 g/mol. The largest absolute Gasteiger partial charge is 0.497 e. The maximum atomic E-state index is 11.6. The molecule has 0 aliphatic heterocycles. The number of likely N-dealkylation sites (N-methyl/N-ethyl adjacent to an activating group) is 1. The molecule has 0 aliphatic carbocycles. The molecule has 0 fully saturated rings. The first-order valence-electron chi connectivity index (χ1n) is 6.07. The second-order valence-corrected chi connectivity index (χ2v) is 4.17. The van der Waals surface area contributed by atoms with Crippen LogP contribution in [-0.2, 0) is 6.54 Å². The van der Waals surface area contributed by atoms with Gasteiger partial charge in [0.2, 0.25) is 0 Å². The first-order valence-corrected chi connectivity index (χ1v) is 6.07. The fourth-order valence-electron chi connectivity index (χ4n) is 1.92. The van der Waals surface area contributed by atoms with E-state index >= 15 is 0 Å². The minimum Gasteiger partial charge on any atom is -0.497 e.